The van der Waals surface area contributed by atoms with Crippen LogP contribution in [-0.2, 0) is 6.42 Å². The van der Waals surface area contributed by atoms with Crippen LogP contribution in [0.5, 0.6) is 0 Å². The number of nitrogens with zero attached hydrogens (tertiary/aromatic N) is 2. The van der Waals surface area contributed by atoms with Crippen LogP contribution in [0.4, 0.5) is 0 Å². The van der Waals surface area contributed by atoms with Crippen LogP contribution >= 0.6 is 0 Å². The van der Waals surface area contributed by atoms with Crippen LogP contribution in [0.1, 0.15) is 11.1 Å². The minimum Gasteiger partial charge on any atom is -0.330 e. The zero-order valence-corrected chi connectivity index (χ0v) is 7.70. The van der Waals surface area contributed by atoms with Crippen molar-refractivity contribution in [2.75, 3.05) is 6.54 Å². The molecule has 2 aromatic heterocycles. The summed E-state index contributed by atoms with van der Waals surface area (Å²) in [5, 5.41) is 4.26. The van der Waals surface area contributed by atoms with Gasteiger partial charge in [-0.1, -0.05) is 6.07 Å². The lowest BCUT2D eigenvalue weighted by Gasteiger charge is -1.99. The van der Waals surface area contributed by atoms with Gasteiger partial charge in [-0.3, -0.25) is 0 Å². The van der Waals surface area contributed by atoms with Crippen molar-refractivity contribution in [2.24, 2.45) is 5.73 Å². The van der Waals surface area contributed by atoms with Crippen molar-refractivity contribution in [2.45, 2.75) is 13.3 Å². The molecule has 0 spiro atoms. The highest BCUT2D eigenvalue weighted by atomic mass is 15.2. The van der Waals surface area contributed by atoms with E-state index in [0.717, 1.165) is 6.42 Å². The summed E-state index contributed by atoms with van der Waals surface area (Å²) in [6.07, 6.45) is 4.76. The number of aromatic nitrogens is 2. The summed E-state index contributed by atoms with van der Waals surface area (Å²) in [6.45, 7) is 2.77. The van der Waals surface area contributed by atoms with Crippen molar-refractivity contribution < 1.29 is 0 Å². The van der Waals surface area contributed by atoms with Gasteiger partial charge in [0.25, 0.3) is 0 Å². The Labute approximate surface area is 77.2 Å². The third-order valence-electron chi connectivity index (χ3n) is 2.23. The standard InChI is InChI=1S/C10H13N3/c1-8-3-2-6-13-10(8)9(4-5-11)7-12-13/h2-3,6-7H,4-5,11H2,1H3. The molecule has 0 fully saturated rings. The number of pyridine rings is 1. The van der Waals surface area contributed by atoms with Gasteiger partial charge in [0.05, 0.1) is 11.7 Å². The number of hydrogen-bond donors (Lipinski definition) is 1. The van der Waals surface area contributed by atoms with Gasteiger partial charge in [0, 0.05) is 6.20 Å². The van der Waals surface area contributed by atoms with Crippen molar-refractivity contribution in [3.63, 3.8) is 0 Å². The summed E-state index contributed by atoms with van der Waals surface area (Å²) in [7, 11) is 0. The van der Waals surface area contributed by atoms with Gasteiger partial charge in [0.1, 0.15) is 0 Å². The van der Waals surface area contributed by atoms with Crippen molar-refractivity contribution in [3.05, 3.63) is 35.7 Å². The van der Waals surface area contributed by atoms with E-state index in [2.05, 4.69) is 18.1 Å². The number of nitrogens with two attached hydrogens (primary N) is 1. The minimum absolute atomic E-state index is 0.676. The zero-order chi connectivity index (χ0) is 9.26. The molecule has 0 unspecified atom stereocenters. The summed E-state index contributed by atoms with van der Waals surface area (Å²) in [5.41, 5.74) is 9.22. The lowest BCUT2D eigenvalue weighted by atomic mass is 10.1. The Morgan fingerprint density at radius 3 is 3.15 bits per heavy atom. The summed E-state index contributed by atoms with van der Waals surface area (Å²) in [4.78, 5) is 0. The molecule has 3 nitrogen and oxygen atoms in total. The van der Waals surface area contributed by atoms with Gasteiger partial charge in [-0.2, -0.15) is 5.10 Å². The number of fused-ring (bicyclic) bond motifs is 1. The molecule has 2 N–H and O–H groups in total. The Morgan fingerprint density at radius 2 is 2.38 bits per heavy atom. The molecule has 0 saturated carbocycles. The molecule has 68 valence electrons. The van der Waals surface area contributed by atoms with E-state index in [9.17, 15) is 0 Å². The smallest absolute Gasteiger partial charge is 0.0723 e. The maximum Gasteiger partial charge on any atom is 0.0723 e. The van der Waals surface area contributed by atoms with Gasteiger partial charge >= 0.3 is 0 Å². The van der Waals surface area contributed by atoms with Gasteiger partial charge in [0.15, 0.2) is 0 Å². The molecule has 13 heavy (non-hydrogen) atoms. The molecular weight excluding hydrogens is 162 g/mol. The first-order valence-corrected chi connectivity index (χ1v) is 4.45. The van der Waals surface area contributed by atoms with Gasteiger partial charge in [-0.25, -0.2) is 4.52 Å². The molecule has 0 bridgehead atoms. The highest BCUT2D eigenvalue weighted by Gasteiger charge is 2.04. The largest absolute Gasteiger partial charge is 0.330 e. The van der Waals surface area contributed by atoms with Crippen LogP contribution in [0.15, 0.2) is 24.5 Å². The number of rotatable bonds is 2. The summed E-state index contributed by atoms with van der Waals surface area (Å²) in [6, 6.07) is 4.10. The lowest BCUT2D eigenvalue weighted by Crippen LogP contribution is -2.02. The second-order valence-corrected chi connectivity index (χ2v) is 3.19. The quantitative estimate of drug-likeness (QED) is 0.744. The fourth-order valence-electron chi connectivity index (χ4n) is 1.63. The molecule has 0 aliphatic rings. The minimum atomic E-state index is 0.676. The van der Waals surface area contributed by atoms with Crippen LogP contribution < -0.4 is 5.73 Å². The molecule has 0 atom stereocenters. The number of aryl methyl sites for hydroxylation is 1. The van der Waals surface area contributed by atoms with Crippen LogP contribution in [0.2, 0.25) is 0 Å². The van der Waals surface area contributed by atoms with E-state index >= 15 is 0 Å². The molecule has 3 heteroatoms. The fourth-order valence-corrected chi connectivity index (χ4v) is 1.63. The molecule has 0 aliphatic carbocycles. The topological polar surface area (TPSA) is 43.3 Å². The maximum absolute atomic E-state index is 5.52. The van der Waals surface area contributed by atoms with E-state index < -0.39 is 0 Å². The monoisotopic (exact) mass is 175 g/mol. The predicted octanol–water partition coefficient (Wildman–Crippen LogP) is 1.14. The molecule has 2 aromatic rings. The first-order chi connectivity index (χ1) is 6.33. The van der Waals surface area contributed by atoms with Gasteiger partial charge in [0.2, 0.25) is 0 Å². The second kappa shape index (κ2) is 3.18. The van der Waals surface area contributed by atoms with Crippen molar-refractivity contribution in [1.82, 2.24) is 9.61 Å². The molecular formula is C10H13N3. The van der Waals surface area contributed by atoms with Gasteiger partial charge < -0.3 is 5.73 Å². The van der Waals surface area contributed by atoms with E-state index in [1.807, 2.05) is 23.0 Å². The first-order valence-electron chi connectivity index (χ1n) is 4.45. The summed E-state index contributed by atoms with van der Waals surface area (Å²) < 4.78 is 1.90. The lowest BCUT2D eigenvalue weighted by molar-refractivity contribution is 0.956. The van der Waals surface area contributed by atoms with E-state index in [1.165, 1.54) is 16.6 Å². The van der Waals surface area contributed by atoms with Crippen LogP contribution in [0.25, 0.3) is 5.52 Å². The van der Waals surface area contributed by atoms with E-state index in [0.29, 0.717) is 6.54 Å². The maximum atomic E-state index is 5.52. The van der Waals surface area contributed by atoms with Crippen molar-refractivity contribution in [1.29, 1.82) is 0 Å². The molecule has 2 rings (SSSR count). The Morgan fingerprint density at radius 1 is 1.54 bits per heavy atom. The summed E-state index contributed by atoms with van der Waals surface area (Å²) >= 11 is 0. The normalized spacial score (nSPS) is 10.9. The Hall–Kier alpha value is -1.35. The van der Waals surface area contributed by atoms with Crippen LogP contribution in [0.3, 0.4) is 0 Å². The number of hydrogen-bond acceptors (Lipinski definition) is 2. The molecule has 0 amide bonds. The average molecular weight is 175 g/mol. The van der Waals surface area contributed by atoms with Crippen molar-refractivity contribution >= 4 is 5.52 Å². The van der Waals surface area contributed by atoms with Crippen LogP contribution in [-0.4, -0.2) is 16.2 Å². The Balaban J connectivity index is 2.64. The molecule has 0 radical (unpaired) electrons. The Bertz CT molecular complexity index is 417. The fraction of sp³-hybridized carbons (Fsp3) is 0.300. The molecule has 0 saturated heterocycles. The average Bonchev–Trinajstić information content (AvgIpc) is 2.51. The molecule has 2 heterocycles. The zero-order valence-electron chi connectivity index (χ0n) is 7.70. The van der Waals surface area contributed by atoms with Crippen molar-refractivity contribution in [3.8, 4) is 0 Å². The van der Waals surface area contributed by atoms with Gasteiger partial charge in [-0.05, 0) is 37.1 Å². The van der Waals surface area contributed by atoms with Crippen LogP contribution in [0, 0.1) is 6.92 Å². The highest BCUT2D eigenvalue weighted by molar-refractivity contribution is 5.59. The first kappa shape index (κ1) is 8.26. The third kappa shape index (κ3) is 1.31. The second-order valence-electron chi connectivity index (χ2n) is 3.19. The third-order valence-corrected chi connectivity index (χ3v) is 2.23. The molecule has 0 aromatic carbocycles. The SMILES string of the molecule is Cc1cccn2ncc(CCN)c12. The Kier molecular flexibility index (Phi) is 2.02. The van der Waals surface area contributed by atoms with E-state index in [4.69, 9.17) is 5.73 Å². The van der Waals surface area contributed by atoms with E-state index in [-0.39, 0.29) is 0 Å². The molecule has 0 aliphatic heterocycles. The summed E-state index contributed by atoms with van der Waals surface area (Å²) in [5.74, 6) is 0. The van der Waals surface area contributed by atoms with Gasteiger partial charge in [-0.15, -0.1) is 0 Å². The van der Waals surface area contributed by atoms with E-state index in [1.54, 1.807) is 0 Å². The highest BCUT2D eigenvalue weighted by Crippen LogP contribution is 2.14. The predicted molar refractivity (Wildman–Crippen MR) is 52.7 cm³/mol.